The molecule has 47 heavy (non-hydrogen) atoms. The first-order chi connectivity index (χ1) is 23.3. The topological polar surface area (TPSA) is 56.5 Å². The number of hydrogen-bond acceptors (Lipinski definition) is 4. The Labute approximate surface area is 271 Å². The molecule has 220 valence electrons. The number of aromatic nitrogens is 5. The lowest BCUT2D eigenvalue weighted by molar-refractivity contribution is 1.16. The van der Waals surface area contributed by atoms with Crippen LogP contribution in [0.1, 0.15) is 0 Å². The van der Waals surface area contributed by atoms with Crippen LogP contribution in [-0.2, 0) is 0 Å². The van der Waals surface area contributed by atoms with Gasteiger partial charge in [-0.05, 0) is 41.5 Å². The van der Waals surface area contributed by atoms with Gasteiger partial charge in [-0.15, -0.1) is 0 Å². The van der Waals surface area contributed by atoms with Crippen LogP contribution in [0.3, 0.4) is 0 Å². The van der Waals surface area contributed by atoms with Crippen molar-refractivity contribution in [3.8, 4) is 50.7 Å². The molecule has 0 aliphatic heterocycles. The average Bonchev–Trinajstić information content (AvgIpc) is 3.49. The number of nitrogens with zero attached hydrogens (tertiary/aromatic N) is 5. The number of fused-ring (bicyclic) bond motifs is 4. The van der Waals surface area contributed by atoms with Crippen LogP contribution in [0.4, 0.5) is 0 Å². The molecule has 0 saturated heterocycles. The highest BCUT2D eigenvalue weighted by atomic mass is 15.0. The van der Waals surface area contributed by atoms with E-state index in [1.807, 2.05) is 36.4 Å². The highest BCUT2D eigenvalue weighted by molar-refractivity contribution is 6.16. The molecule has 0 bridgehead atoms. The Morgan fingerprint density at radius 3 is 1.77 bits per heavy atom. The number of para-hydroxylation sites is 1. The summed E-state index contributed by atoms with van der Waals surface area (Å²) < 4.78 is 2.33. The third-order valence-electron chi connectivity index (χ3n) is 8.73. The van der Waals surface area contributed by atoms with Crippen molar-refractivity contribution >= 4 is 32.8 Å². The molecule has 0 radical (unpaired) electrons. The van der Waals surface area contributed by atoms with E-state index in [9.17, 15) is 0 Å². The Balaban J connectivity index is 1.40. The zero-order chi connectivity index (χ0) is 31.2. The van der Waals surface area contributed by atoms with Crippen molar-refractivity contribution in [1.82, 2.24) is 24.5 Å². The van der Waals surface area contributed by atoms with Crippen molar-refractivity contribution in [1.29, 1.82) is 0 Å². The predicted molar refractivity (Wildman–Crippen MR) is 191 cm³/mol. The van der Waals surface area contributed by atoms with E-state index >= 15 is 0 Å². The number of benzene rings is 6. The minimum Gasteiger partial charge on any atom is -0.309 e. The molecule has 9 rings (SSSR count). The molecule has 0 fully saturated rings. The molecule has 0 amide bonds. The van der Waals surface area contributed by atoms with Gasteiger partial charge in [0.05, 0.1) is 11.0 Å². The van der Waals surface area contributed by atoms with Crippen LogP contribution in [0.25, 0.3) is 83.6 Å². The van der Waals surface area contributed by atoms with E-state index in [2.05, 4.69) is 126 Å². The molecule has 0 saturated carbocycles. The molecule has 5 nitrogen and oxygen atoms in total. The van der Waals surface area contributed by atoms with Gasteiger partial charge in [-0.3, -0.25) is 0 Å². The first-order valence-corrected chi connectivity index (χ1v) is 15.7. The maximum Gasteiger partial charge on any atom is 0.161 e. The van der Waals surface area contributed by atoms with Crippen molar-refractivity contribution in [3.63, 3.8) is 0 Å². The molecule has 6 aromatic carbocycles. The smallest absolute Gasteiger partial charge is 0.161 e. The lowest BCUT2D eigenvalue weighted by Gasteiger charge is -2.12. The molecule has 3 aromatic heterocycles. The summed E-state index contributed by atoms with van der Waals surface area (Å²) in [5.74, 6) is 0.631. The minimum absolute atomic E-state index is 0.631. The maximum absolute atomic E-state index is 5.29. The van der Waals surface area contributed by atoms with E-state index in [1.165, 1.54) is 5.56 Å². The summed E-state index contributed by atoms with van der Waals surface area (Å²) in [5.41, 5.74) is 11.5. The van der Waals surface area contributed by atoms with Gasteiger partial charge in [0.15, 0.2) is 5.82 Å². The van der Waals surface area contributed by atoms with Crippen LogP contribution in [-0.4, -0.2) is 24.5 Å². The van der Waals surface area contributed by atoms with Gasteiger partial charge in [0.2, 0.25) is 0 Å². The average molecular weight is 602 g/mol. The van der Waals surface area contributed by atoms with E-state index in [1.54, 1.807) is 6.33 Å². The molecule has 9 aromatic rings. The standard InChI is InChI=1S/C42H27N5/c1-5-14-28(15-6-1)31-24-25-35-34(26-31)37-33(22-13-23-36(37)47(35)32-20-11-4-12-21-32)42-45-39(30-18-9-3-10-19-30)40-41(46-42)38(43-27-44-40)29-16-7-2-8-17-29/h1-27H. The van der Waals surface area contributed by atoms with Crippen LogP contribution in [0.2, 0.25) is 0 Å². The Bertz CT molecular complexity index is 2540. The van der Waals surface area contributed by atoms with E-state index < -0.39 is 0 Å². The Kier molecular flexibility index (Phi) is 6.39. The fraction of sp³-hybridized carbons (Fsp3) is 0. The van der Waals surface area contributed by atoms with Crippen LogP contribution in [0.5, 0.6) is 0 Å². The van der Waals surface area contributed by atoms with Gasteiger partial charge in [-0.25, -0.2) is 19.9 Å². The molecule has 5 heteroatoms. The van der Waals surface area contributed by atoms with Crippen molar-refractivity contribution in [2.45, 2.75) is 0 Å². The molecular weight excluding hydrogens is 574 g/mol. The summed E-state index contributed by atoms with van der Waals surface area (Å²) >= 11 is 0. The van der Waals surface area contributed by atoms with Gasteiger partial charge in [0.1, 0.15) is 28.7 Å². The molecule has 0 aliphatic carbocycles. The van der Waals surface area contributed by atoms with E-state index in [0.717, 1.165) is 72.2 Å². The first-order valence-electron chi connectivity index (χ1n) is 15.7. The summed E-state index contributed by atoms with van der Waals surface area (Å²) in [6.45, 7) is 0. The lowest BCUT2D eigenvalue weighted by atomic mass is 10.00. The fourth-order valence-electron chi connectivity index (χ4n) is 6.60. The van der Waals surface area contributed by atoms with E-state index in [-0.39, 0.29) is 0 Å². The molecule has 0 atom stereocenters. The van der Waals surface area contributed by atoms with Gasteiger partial charge in [0, 0.05) is 33.2 Å². The second kappa shape index (κ2) is 11.2. The Hall–Kier alpha value is -6.46. The molecular formula is C42H27N5. The third kappa shape index (κ3) is 4.56. The SMILES string of the molecule is c1ccc(-c2ccc3c(c2)c2c(-c4nc(-c5ccccc5)c5ncnc(-c6ccccc6)c5n4)cccc2n3-c2ccccc2)cc1. The second-order valence-corrected chi connectivity index (χ2v) is 11.5. The fourth-order valence-corrected chi connectivity index (χ4v) is 6.60. The highest BCUT2D eigenvalue weighted by Gasteiger charge is 2.21. The van der Waals surface area contributed by atoms with Crippen LogP contribution < -0.4 is 0 Å². The zero-order valence-electron chi connectivity index (χ0n) is 25.3. The minimum atomic E-state index is 0.631. The second-order valence-electron chi connectivity index (χ2n) is 11.5. The third-order valence-corrected chi connectivity index (χ3v) is 8.73. The Morgan fingerprint density at radius 1 is 0.426 bits per heavy atom. The quantitative estimate of drug-likeness (QED) is 0.197. The number of hydrogen-bond donors (Lipinski definition) is 0. The largest absolute Gasteiger partial charge is 0.309 e. The normalized spacial score (nSPS) is 11.4. The van der Waals surface area contributed by atoms with Gasteiger partial charge < -0.3 is 4.57 Å². The molecule has 3 heterocycles. The van der Waals surface area contributed by atoms with E-state index in [4.69, 9.17) is 19.9 Å². The molecule has 0 aliphatic rings. The van der Waals surface area contributed by atoms with Crippen LogP contribution >= 0.6 is 0 Å². The monoisotopic (exact) mass is 601 g/mol. The molecule has 0 unspecified atom stereocenters. The highest BCUT2D eigenvalue weighted by Crippen LogP contribution is 2.41. The summed E-state index contributed by atoms with van der Waals surface area (Å²) in [6.07, 6.45) is 1.61. The lowest BCUT2D eigenvalue weighted by Crippen LogP contribution is -2.00. The van der Waals surface area contributed by atoms with Crippen molar-refractivity contribution in [2.24, 2.45) is 0 Å². The van der Waals surface area contributed by atoms with E-state index in [0.29, 0.717) is 5.82 Å². The van der Waals surface area contributed by atoms with Gasteiger partial charge in [0.25, 0.3) is 0 Å². The van der Waals surface area contributed by atoms with Gasteiger partial charge in [-0.2, -0.15) is 0 Å². The van der Waals surface area contributed by atoms with Crippen molar-refractivity contribution in [3.05, 3.63) is 164 Å². The summed E-state index contributed by atoms with van der Waals surface area (Å²) in [7, 11) is 0. The van der Waals surface area contributed by atoms with Crippen molar-refractivity contribution in [2.75, 3.05) is 0 Å². The van der Waals surface area contributed by atoms with Gasteiger partial charge in [-0.1, -0.05) is 127 Å². The Morgan fingerprint density at radius 2 is 1.06 bits per heavy atom. The summed E-state index contributed by atoms with van der Waals surface area (Å²) in [4.78, 5) is 20.0. The first kappa shape index (κ1) is 26.9. The zero-order valence-corrected chi connectivity index (χ0v) is 25.3. The van der Waals surface area contributed by atoms with Gasteiger partial charge >= 0.3 is 0 Å². The molecule has 0 N–H and O–H groups in total. The summed E-state index contributed by atoms with van der Waals surface area (Å²) in [6, 6.07) is 54.6. The predicted octanol–water partition coefficient (Wildman–Crippen LogP) is 10.2. The van der Waals surface area contributed by atoms with Crippen molar-refractivity contribution < 1.29 is 0 Å². The number of rotatable bonds is 5. The molecule has 0 spiro atoms. The van der Waals surface area contributed by atoms with Crippen LogP contribution in [0.15, 0.2) is 164 Å². The van der Waals surface area contributed by atoms with Crippen LogP contribution in [0, 0.1) is 0 Å². The maximum atomic E-state index is 5.29. The summed E-state index contributed by atoms with van der Waals surface area (Å²) in [5, 5.41) is 2.24.